The zero-order valence-electron chi connectivity index (χ0n) is 28.0. The monoisotopic (exact) mass is 847 g/mol. The van der Waals surface area contributed by atoms with Crippen molar-refractivity contribution < 1.29 is 25.8 Å². The van der Waals surface area contributed by atoms with Crippen LogP contribution in [0.3, 0.4) is 0 Å². The van der Waals surface area contributed by atoms with E-state index in [0.29, 0.717) is 11.5 Å². The molecule has 3 heterocycles. The second-order valence-electron chi connectivity index (χ2n) is 12.7. The fourth-order valence-electron chi connectivity index (χ4n) is 6.25. The third kappa shape index (κ3) is 6.24. The SMILES string of the molecule is CSc1c(C)cc(C)c(SC)c1-c1cnn(-c2[c-]c(Oc3[c-]c4c(cc3)c3ccccc3n4-c3cc(C(C)(C)C)ccn3)ccc2)c1.[Pt+2]. The van der Waals surface area contributed by atoms with E-state index in [1.165, 1.54) is 32.0 Å². The minimum Gasteiger partial charge on any atom is -0.509 e. The number of thioether (sulfide) groups is 2. The van der Waals surface area contributed by atoms with Gasteiger partial charge in [-0.05, 0) is 77.7 Å². The molecule has 0 unspecified atom stereocenters. The van der Waals surface area contributed by atoms with Crippen LogP contribution in [0.4, 0.5) is 0 Å². The summed E-state index contributed by atoms with van der Waals surface area (Å²) in [6, 6.07) is 31.9. The van der Waals surface area contributed by atoms with Crippen LogP contribution in [0, 0.1) is 26.0 Å². The molecule has 48 heavy (non-hydrogen) atoms. The second kappa shape index (κ2) is 13.6. The third-order valence-electron chi connectivity index (χ3n) is 8.50. The summed E-state index contributed by atoms with van der Waals surface area (Å²) in [7, 11) is 0. The second-order valence-corrected chi connectivity index (χ2v) is 14.4. The van der Waals surface area contributed by atoms with E-state index in [4.69, 9.17) is 14.8 Å². The summed E-state index contributed by atoms with van der Waals surface area (Å²) in [6.45, 7) is 11.0. The first-order chi connectivity index (χ1) is 22.7. The van der Waals surface area contributed by atoms with Gasteiger partial charge in [0.25, 0.3) is 0 Å². The quantitative estimate of drug-likeness (QED) is 0.118. The van der Waals surface area contributed by atoms with Crippen LogP contribution in [0.2, 0.25) is 0 Å². The molecule has 244 valence electrons. The fraction of sp³-hybridized carbons (Fsp3) is 0.200. The standard InChI is InChI=1S/C40H36N4OS2.Pt/c1-25-19-26(2)39(47-7)37(38(25)46-6)27-23-42-43(24-27)29-11-10-12-30(21-29)45-31-15-16-33-32-13-8-9-14-34(32)44(35(33)22-31)36-20-28(17-18-41-36)40(3,4)5;/h8-20,23-24H,1-7H3;/q-2;+2. The summed E-state index contributed by atoms with van der Waals surface area (Å²) in [6.07, 6.45) is 10.2. The molecule has 3 aromatic heterocycles. The first-order valence-corrected chi connectivity index (χ1v) is 18.0. The Labute approximate surface area is 305 Å². The van der Waals surface area contributed by atoms with E-state index in [2.05, 4.69) is 119 Å². The molecule has 8 heteroatoms. The Balaban J connectivity index is 0.00000401. The molecule has 0 fully saturated rings. The summed E-state index contributed by atoms with van der Waals surface area (Å²) in [5.41, 5.74) is 8.90. The maximum absolute atomic E-state index is 6.42. The van der Waals surface area contributed by atoms with Crippen molar-refractivity contribution in [3.63, 3.8) is 0 Å². The molecule has 5 nitrogen and oxygen atoms in total. The van der Waals surface area contributed by atoms with E-state index in [0.717, 1.165) is 38.9 Å². The van der Waals surface area contributed by atoms with Crippen LogP contribution in [0.15, 0.2) is 101 Å². The number of fused-ring (bicyclic) bond motifs is 3. The van der Waals surface area contributed by atoms with Gasteiger partial charge in [-0.3, -0.25) is 4.68 Å². The van der Waals surface area contributed by atoms with E-state index in [1.807, 2.05) is 41.3 Å². The van der Waals surface area contributed by atoms with Crippen molar-refractivity contribution in [1.82, 2.24) is 19.3 Å². The zero-order chi connectivity index (χ0) is 32.9. The average Bonchev–Trinajstić information content (AvgIpc) is 3.67. The van der Waals surface area contributed by atoms with Crippen molar-refractivity contribution in [3.8, 4) is 34.1 Å². The van der Waals surface area contributed by atoms with Crippen LogP contribution in [0.1, 0.15) is 37.5 Å². The van der Waals surface area contributed by atoms with Gasteiger partial charge in [0, 0.05) is 50.3 Å². The molecule has 0 saturated heterocycles. The maximum atomic E-state index is 6.42. The normalized spacial score (nSPS) is 11.6. The number of ether oxygens (including phenoxy) is 1. The summed E-state index contributed by atoms with van der Waals surface area (Å²) >= 11 is 3.56. The largest absolute Gasteiger partial charge is 2.00 e. The average molecular weight is 848 g/mol. The molecule has 0 spiro atoms. The minimum absolute atomic E-state index is 0. The number of rotatable bonds is 7. The number of nitrogens with zero attached hydrogens (tertiary/aromatic N) is 4. The molecule has 7 rings (SSSR count). The Hall–Kier alpha value is -3.77. The molecule has 0 bridgehead atoms. The summed E-state index contributed by atoms with van der Waals surface area (Å²) in [5.74, 6) is 2.05. The number of aryl methyl sites for hydroxylation is 2. The Bertz CT molecular complexity index is 2250. The predicted octanol–water partition coefficient (Wildman–Crippen LogP) is 10.8. The van der Waals surface area contributed by atoms with E-state index in [9.17, 15) is 0 Å². The van der Waals surface area contributed by atoms with Crippen molar-refractivity contribution in [3.05, 3.63) is 120 Å². The van der Waals surface area contributed by atoms with Crippen molar-refractivity contribution in [2.45, 2.75) is 49.8 Å². The van der Waals surface area contributed by atoms with Gasteiger partial charge in [0.05, 0.1) is 6.20 Å². The summed E-state index contributed by atoms with van der Waals surface area (Å²) in [5, 5.41) is 6.99. The summed E-state index contributed by atoms with van der Waals surface area (Å²) < 4.78 is 10.5. The fourth-order valence-corrected chi connectivity index (χ4v) is 7.93. The van der Waals surface area contributed by atoms with Gasteiger partial charge in [-0.1, -0.05) is 50.6 Å². The van der Waals surface area contributed by atoms with E-state index in [1.54, 1.807) is 23.5 Å². The van der Waals surface area contributed by atoms with Crippen LogP contribution in [-0.4, -0.2) is 31.8 Å². The molecule has 0 aliphatic carbocycles. The molecule has 7 aromatic rings. The van der Waals surface area contributed by atoms with Gasteiger partial charge in [-0.15, -0.1) is 59.2 Å². The Morgan fingerprint density at radius 2 is 1.52 bits per heavy atom. The summed E-state index contributed by atoms with van der Waals surface area (Å²) in [4.78, 5) is 7.36. The topological polar surface area (TPSA) is 44.9 Å². The molecule has 0 amide bonds. The third-order valence-corrected chi connectivity index (χ3v) is 10.4. The van der Waals surface area contributed by atoms with Crippen LogP contribution >= 0.6 is 23.5 Å². The van der Waals surface area contributed by atoms with Gasteiger partial charge in [0.2, 0.25) is 0 Å². The van der Waals surface area contributed by atoms with Gasteiger partial charge >= 0.3 is 21.1 Å². The van der Waals surface area contributed by atoms with Crippen molar-refractivity contribution in [2.75, 3.05) is 12.5 Å². The van der Waals surface area contributed by atoms with Gasteiger partial charge in [0.15, 0.2) is 0 Å². The van der Waals surface area contributed by atoms with Gasteiger partial charge in [-0.2, -0.15) is 17.2 Å². The minimum atomic E-state index is -0.00187. The molecule has 0 N–H and O–H groups in total. The number of benzene rings is 4. The zero-order valence-corrected chi connectivity index (χ0v) is 31.9. The van der Waals surface area contributed by atoms with Crippen molar-refractivity contribution in [1.29, 1.82) is 0 Å². The molecule has 0 aliphatic rings. The van der Waals surface area contributed by atoms with Crippen LogP contribution in [0.25, 0.3) is 44.4 Å². The Morgan fingerprint density at radius 1 is 0.792 bits per heavy atom. The number of aromatic nitrogens is 4. The van der Waals surface area contributed by atoms with Crippen molar-refractivity contribution in [2.24, 2.45) is 0 Å². The molecular formula is C40H36N4OPtS2. The molecule has 0 atom stereocenters. The maximum Gasteiger partial charge on any atom is 2.00 e. The van der Waals surface area contributed by atoms with Crippen LogP contribution < -0.4 is 4.74 Å². The molecule has 0 aliphatic heterocycles. The van der Waals surface area contributed by atoms with Gasteiger partial charge < -0.3 is 9.30 Å². The predicted molar refractivity (Wildman–Crippen MR) is 197 cm³/mol. The first kappa shape index (κ1) is 34.1. The van der Waals surface area contributed by atoms with Crippen molar-refractivity contribution >= 4 is 45.3 Å². The van der Waals surface area contributed by atoms with E-state index >= 15 is 0 Å². The number of pyridine rings is 1. The van der Waals surface area contributed by atoms with E-state index < -0.39 is 0 Å². The van der Waals surface area contributed by atoms with Crippen LogP contribution in [-0.2, 0) is 26.5 Å². The van der Waals surface area contributed by atoms with E-state index in [-0.39, 0.29) is 26.5 Å². The molecular weight excluding hydrogens is 812 g/mol. The smallest absolute Gasteiger partial charge is 0.509 e. The Kier molecular flexibility index (Phi) is 9.68. The number of hydrogen-bond donors (Lipinski definition) is 0. The number of hydrogen-bond acceptors (Lipinski definition) is 5. The van der Waals surface area contributed by atoms with Crippen LogP contribution in [0.5, 0.6) is 11.5 Å². The Morgan fingerprint density at radius 3 is 2.25 bits per heavy atom. The first-order valence-electron chi connectivity index (χ1n) is 15.6. The number of para-hydroxylation sites is 1. The van der Waals surface area contributed by atoms with Gasteiger partial charge in [0.1, 0.15) is 5.82 Å². The molecule has 0 radical (unpaired) electrons. The molecule has 0 saturated carbocycles. The van der Waals surface area contributed by atoms with Gasteiger partial charge in [-0.25, -0.2) is 4.98 Å². The molecule has 4 aromatic carbocycles.